The zero-order chi connectivity index (χ0) is 22.5. The maximum Gasteiger partial charge on any atom is 0.227 e. The van der Waals surface area contributed by atoms with E-state index in [1.54, 1.807) is 10.8 Å². The largest absolute Gasteiger partial charge is 0.376 e. The first-order valence-electron chi connectivity index (χ1n) is 11.8. The van der Waals surface area contributed by atoms with Crippen LogP contribution in [-0.4, -0.2) is 58.1 Å². The number of nitrogens with zero attached hydrogens (tertiary/aromatic N) is 5. The number of nitrogens with one attached hydrogen (secondary N) is 1. The molecule has 0 bridgehead atoms. The summed E-state index contributed by atoms with van der Waals surface area (Å²) in [7, 11) is 0. The topological polar surface area (TPSA) is 93.9 Å². The van der Waals surface area contributed by atoms with Gasteiger partial charge in [0.15, 0.2) is 5.65 Å². The van der Waals surface area contributed by atoms with Crippen LogP contribution in [0.2, 0.25) is 0 Å². The first-order valence-corrected chi connectivity index (χ1v) is 11.8. The van der Waals surface area contributed by atoms with Crippen molar-refractivity contribution in [2.45, 2.75) is 44.8 Å². The van der Waals surface area contributed by atoms with E-state index in [-0.39, 0.29) is 17.9 Å². The third-order valence-electron chi connectivity index (χ3n) is 6.38. The van der Waals surface area contributed by atoms with E-state index in [1.807, 2.05) is 36.4 Å². The van der Waals surface area contributed by atoms with E-state index in [0.29, 0.717) is 13.2 Å². The summed E-state index contributed by atoms with van der Waals surface area (Å²) >= 11 is 0. The highest BCUT2D eigenvalue weighted by Crippen LogP contribution is 2.24. The first kappa shape index (κ1) is 21.8. The fourth-order valence-corrected chi connectivity index (χ4v) is 4.49. The molecule has 2 fully saturated rings. The van der Waals surface area contributed by atoms with Crippen molar-refractivity contribution in [2.24, 2.45) is 5.92 Å². The number of carbonyl (C=O) groups is 1. The monoisotopic (exact) mass is 450 g/mol. The number of anilines is 2. The maximum atomic E-state index is 12.9. The molecule has 33 heavy (non-hydrogen) atoms. The van der Waals surface area contributed by atoms with Crippen LogP contribution >= 0.6 is 0 Å². The third-order valence-corrected chi connectivity index (χ3v) is 6.38. The molecule has 0 radical (unpaired) electrons. The van der Waals surface area contributed by atoms with Gasteiger partial charge in [-0.25, -0.2) is 0 Å². The van der Waals surface area contributed by atoms with Crippen LogP contribution in [0.15, 0.2) is 42.7 Å². The van der Waals surface area contributed by atoms with E-state index in [0.717, 1.165) is 68.1 Å². The number of amides is 1. The summed E-state index contributed by atoms with van der Waals surface area (Å²) < 4.78 is 13.2. The third kappa shape index (κ3) is 5.48. The summed E-state index contributed by atoms with van der Waals surface area (Å²) in [6, 6.07) is 11.8. The second-order valence-corrected chi connectivity index (χ2v) is 8.78. The Balaban J connectivity index is 1.10. The molecule has 3 aromatic rings. The maximum absolute atomic E-state index is 12.9. The summed E-state index contributed by atoms with van der Waals surface area (Å²) in [5.41, 5.74) is 2.59. The molecule has 0 saturated carbocycles. The number of rotatable bonds is 7. The molecular weight excluding hydrogens is 420 g/mol. The van der Waals surface area contributed by atoms with Crippen molar-refractivity contribution < 1.29 is 14.3 Å². The molecule has 9 nitrogen and oxygen atoms in total. The lowest BCUT2D eigenvalue weighted by Crippen LogP contribution is -2.38. The molecule has 1 atom stereocenters. The second kappa shape index (κ2) is 10.3. The van der Waals surface area contributed by atoms with Crippen molar-refractivity contribution in [1.82, 2.24) is 19.8 Å². The van der Waals surface area contributed by atoms with Crippen molar-refractivity contribution in [3.8, 4) is 0 Å². The summed E-state index contributed by atoms with van der Waals surface area (Å²) in [4.78, 5) is 15.1. The van der Waals surface area contributed by atoms with Gasteiger partial charge in [-0.2, -0.15) is 4.52 Å². The van der Waals surface area contributed by atoms with Gasteiger partial charge in [0.25, 0.3) is 0 Å². The molecule has 1 N–H and O–H groups in total. The van der Waals surface area contributed by atoms with Crippen LogP contribution < -0.4 is 10.2 Å². The summed E-state index contributed by atoms with van der Waals surface area (Å²) in [6.07, 6.45) is 6.81. The average Bonchev–Trinajstić information content (AvgIpc) is 3.33. The molecule has 1 unspecified atom stereocenters. The fourth-order valence-electron chi connectivity index (χ4n) is 4.49. The van der Waals surface area contributed by atoms with Gasteiger partial charge in [-0.1, -0.05) is 12.1 Å². The van der Waals surface area contributed by atoms with Gasteiger partial charge in [0.05, 0.1) is 19.3 Å². The Hall–Kier alpha value is -3.04. The van der Waals surface area contributed by atoms with Crippen molar-refractivity contribution in [3.63, 3.8) is 0 Å². The number of fused-ring (bicyclic) bond motifs is 1. The minimum Gasteiger partial charge on any atom is -0.376 e. The first-order chi connectivity index (χ1) is 16.2. The van der Waals surface area contributed by atoms with E-state index >= 15 is 0 Å². The fraction of sp³-hybridized carbons (Fsp3) is 0.500. The molecule has 2 saturated heterocycles. The SMILES string of the molecule is O=C(Nc1cccc(COCC2CCCCO2)c1)C1CCN(c2ccc3nncn3n2)CC1. The predicted octanol–water partition coefficient (Wildman–Crippen LogP) is 3.07. The molecule has 2 aromatic heterocycles. The Morgan fingerprint density at radius 1 is 1.15 bits per heavy atom. The molecule has 1 amide bonds. The molecule has 4 heterocycles. The van der Waals surface area contributed by atoms with Crippen LogP contribution in [0, 0.1) is 5.92 Å². The molecule has 2 aliphatic heterocycles. The number of piperidine rings is 1. The quantitative estimate of drug-likeness (QED) is 0.591. The summed E-state index contributed by atoms with van der Waals surface area (Å²) in [6.45, 7) is 3.55. The molecular formula is C24H30N6O3. The minimum atomic E-state index is -0.0109. The van der Waals surface area contributed by atoms with Crippen LogP contribution in [0.5, 0.6) is 0 Å². The lowest BCUT2D eigenvalue weighted by Gasteiger charge is -2.32. The van der Waals surface area contributed by atoms with Crippen LogP contribution in [0.3, 0.4) is 0 Å². The normalized spacial score (nSPS) is 19.6. The lowest BCUT2D eigenvalue weighted by molar-refractivity contribution is -0.120. The van der Waals surface area contributed by atoms with Gasteiger partial charge >= 0.3 is 0 Å². The lowest BCUT2D eigenvalue weighted by atomic mass is 9.95. The van der Waals surface area contributed by atoms with Crippen LogP contribution in [0.4, 0.5) is 11.5 Å². The van der Waals surface area contributed by atoms with E-state index in [1.165, 1.54) is 6.42 Å². The average molecular weight is 451 g/mol. The smallest absolute Gasteiger partial charge is 0.227 e. The van der Waals surface area contributed by atoms with E-state index in [2.05, 4.69) is 25.5 Å². The minimum absolute atomic E-state index is 0.0109. The van der Waals surface area contributed by atoms with Crippen molar-refractivity contribution in [3.05, 3.63) is 48.3 Å². The highest BCUT2D eigenvalue weighted by molar-refractivity contribution is 5.92. The summed E-state index contributed by atoms with van der Waals surface area (Å²) in [5.74, 6) is 0.946. The van der Waals surface area contributed by atoms with E-state index < -0.39 is 0 Å². The highest BCUT2D eigenvalue weighted by atomic mass is 16.5. The molecule has 5 rings (SSSR count). The van der Waals surface area contributed by atoms with E-state index in [4.69, 9.17) is 9.47 Å². The van der Waals surface area contributed by atoms with Crippen LogP contribution in [0.1, 0.15) is 37.7 Å². The number of carbonyl (C=O) groups excluding carboxylic acids is 1. The zero-order valence-electron chi connectivity index (χ0n) is 18.7. The number of hydrogen-bond acceptors (Lipinski definition) is 7. The molecule has 9 heteroatoms. The van der Waals surface area contributed by atoms with Gasteiger partial charge in [-0.15, -0.1) is 15.3 Å². The standard InChI is InChI=1S/C24H30N6O3/c31-24(19-9-11-29(12-10-19)23-8-7-22-27-25-17-30(22)28-23)26-20-5-3-4-18(14-20)15-32-16-21-6-1-2-13-33-21/h3-5,7-8,14,17,19,21H,1-2,6,9-13,15-16H2,(H,26,31). The highest BCUT2D eigenvalue weighted by Gasteiger charge is 2.26. The van der Waals surface area contributed by atoms with Gasteiger partial charge in [-0.3, -0.25) is 4.79 Å². The van der Waals surface area contributed by atoms with E-state index in [9.17, 15) is 4.79 Å². The zero-order valence-corrected chi connectivity index (χ0v) is 18.7. The van der Waals surface area contributed by atoms with Gasteiger partial charge in [-0.05, 0) is 61.9 Å². The molecule has 174 valence electrons. The van der Waals surface area contributed by atoms with Gasteiger partial charge in [0.2, 0.25) is 5.91 Å². The van der Waals surface area contributed by atoms with Gasteiger partial charge in [0.1, 0.15) is 12.1 Å². The Labute approximate surface area is 193 Å². The summed E-state index contributed by atoms with van der Waals surface area (Å²) in [5, 5.41) is 15.5. The van der Waals surface area contributed by atoms with Gasteiger partial charge in [0, 0.05) is 31.3 Å². The Kier molecular flexibility index (Phi) is 6.78. The van der Waals surface area contributed by atoms with Crippen molar-refractivity contribution in [2.75, 3.05) is 36.5 Å². The van der Waals surface area contributed by atoms with Crippen molar-refractivity contribution >= 4 is 23.1 Å². The second-order valence-electron chi connectivity index (χ2n) is 8.78. The van der Waals surface area contributed by atoms with Crippen LogP contribution in [0.25, 0.3) is 5.65 Å². The molecule has 2 aliphatic rings. The Morgan fingerprint density at radius 3 is 2.91 bits per heavy atom. The molecule has 0 spiro atoms. The number of aromatic nitrogens is 4. The molecule has 1 aromatic carbocycles. The number of ether oxygens (including phenoxy) is 2. The number of hydrogen-bond donors (Lipinski definition) is 1. The van der Waals surface area contributed by atoms with Gasteiger partial charge < -0.3 is 19.7 Å². The Bertz CT molecular complexity index is 1070. The van der Waals surface area contributed by atoms with Crippen molar-refractivity contribution in [1.29, 1.82) is 0 Å². The predicted molar refractivity (Wildman–Crippen MR) is 124 cm³/mol. The Morgan fingerprint density at radius 2 is 2.06 bits per heavy atom. The molecule has 0 aliphatic carbocycles. The van der Waals surface area contributed by atoms with Crippen LogP contribution in [-0.2, 0) is 20.9 Å². The number of benzene rings is 1.